The normalized spacial score (nSPS) is 15.7. The van der Waals surface area contributed by atoms with E-state index in [1.54, 1.807) is 19.1 Å². The Bertz CT molecular complexity index is 798. The lowest BCUT2D eigenvalue weighted by Crippen LogP contribution is -2.36. The minimum atomic E-state index is -3.67. The maximum atomic E-state index is 12.6. The second-order valence-electron chi connectivity index (χ2n) is 5.37. The molecule has 2 heterocycles. The van der Waals surface area contributed by atoms with Gasteiger partial charge >= 0.3 is 0 Å². The second-order valence-corrected chi connectivity index (χ2v) is 7.78. The second kappa shape index (κ2) is 6.42. The van der Waals surface area contributed by atoms with Crippen molar-refractivity contribution in [3.8, 4) is 0 Å². The lowest BCUT2D eigenvalue weighted by Gasteiger charge is -2.25. The highest BCUT2D eigenvalue weighted by Gasteiger charge is 2.21. The number of aromatic nitrogens is 2. The zero-order valence-electron chi connectivity index (χ0n) is 12.9. The summed E-state index contributed by atoms with van der Waals surface area (Å²) in [7, 11) is -3.67. The molecule has 124 valence electrons. The smallest absolute Gasteiger partial charge is 0.263 e. The van der Waals surface area contributed by atoms with Gasteiger partial charge in [-0.3, -0.25) is 4.72 Å². The number of ether oxygens (including phenoxy) is 1. The number of hydrogen-bond donors (Lipinski definition) is 1. The molecule has 1 aromatic heterocycles. The van der Waals surface area contributed by atoms with E-state index in [1.165, 1.54) is 0 Å². The van der Waals surface area contributed by atoms with Gasteiger partial charge in [-0.05, 0) is 31.0 Å². The third-order valence-electron chi connectivity index (χ3n) is 3.56. The van der Waals surface area contributed by atoms with Gasteiger partial charge in [-0.15, -0.1) is 0 Å². The topological polar surface area (TPSA) is 84.4 Å². The quantitative estimate of drug-likeness (QED) is 0.901. The van der Waals surface area contributed by atoms with Gasteiger partial charge in [0.25, 0.3) is 10.0 Å². The first-order valence-corrected chi connectivity index (χ1v) is 9.48. The molecule has 1 N–H and O–H groups in total. The van der Waals surface area contributed by atoms with Gasteiger partial charge in [0, 0.05) is 24.6 Å². The van der Waals surface area contributed by atoms with E-state index in [4.69, 9.17) is 4.74 Å². The number of hydrogen-bond acceptors (Lipinski definition) is 7. The van der Waals surface area contributed by atoms with E-state index in [9.17, 15) is 8.42 Å². The molecule has 1 aromatic carbocycles. The first-order valence-electron chi connectivity index (χ1n) is 7.22. The fourth-order valence-corrected chi connectivity index (χ4v) is 4.46. The van der Waals surface area contributed by atoms with Crippen molar-refractivity contribution >= 4 is 32.6 Å². The zero-order valence-corrected chi connectivity index (χ0v) is 14.6. The van der Waals surface area contributed by atoms with Gasteiger partial charge < -0.3 is 9.64 Å². The van der Waals surface area contributed by atoms with Crippen LogP contribution in [0.15, 0.2) is 23.1 Å². The van der Waals surface area contributed by atoms with Gasteiger partial charge in [0.2, 0.25) is 11.1 Å². The van der Waals surface area contributed by atoms with Crippen molar-refractivity contribution in [2.75, 3.05) is 35.9 Å². The van der Waals surface area contributed by atoms with Crippen molar-refractivity contribution in [2.24, 2.45) is 0 Å². The largest absolute Gasteiger partial charge is 0.378 e. The van der Waals surface area contributed by atoms with Gasteiger partial charge in [-0.2, -0.15) is 9.36 Å². The Labute approximate surface area is 139 Å². The summed E-state index contributed by atoms with van der Waals surface area (Å²) < 4.78 is 37.1. The molecular weight excluding hydrogens is 336 g/mol. The monoisotopic (exact) mass is 354 g/mol. The molecule has 1 fully saturated rings. The van der Waals surface area contributed by atoms with Crippen LogP contribution in [0.25, 0.3) is 0 Å². The molecule has 0 spiro atoms. The Morgan fingerprint density at radius 2 is 2.00 bits per heavy atom. The summed E-state index contributed by atoms with van der Waals surface area (Å²) in [4.78, 5) is 6.53. The Morgan fingerprint density at radius 3 is 2.74 bits per heavy atom. The molecular formula is C14H18N4O3S2. The summed E-state index contributed by atoms with van der Waals surface area (Å²) in [6, 6.07) is 5.33. The average Bonchev–Trinajstić information content (AvgIpc) is 2.98. The lowest BCUT2D eigenvalue weighted by molar-refractivity contribution is 0.122. The maximum Gasteiger partial charge on any atom is 0.263 e. The predicted molar refractivity (Wildman–Crippen MR) is 89.7 cm³/mol. The minimum Gasteiger partial charge on any atom is -0.378 e. The Balaban J connectivity index is 1.81. The van der Waals surface area contributed by atoms with Crippen LogP contribution in [0.4, 0.5) is 11.1 Å². The molecule has 0 saturated carbocycles. The molecule has 0 bridgehead atoms. The number of rotatable bonds is 4. The van der Waals surface area contributed by atoms with Crippen LogP contribution in [0, 0.1) is 13.8 Å². The standard InChI is InChI=1S/C14H18N4O3S2/c1-10-3-4-11(2)12(9-10)23(19,20)17-14-15-13(16-22-14)18-5-7-21-8-6-18/h3-4,9H,5-8H2,1-2H3,(H,15,16,17). The number of anilines is 2. The zero-order chi connectivity index (χ0) is 16.4. The van der Waals surface area contributed by atoms with Gasteiger partial charge in [-0.1, -0.05) is 12.1 Å². The third-order valence-corrected chi connectivity index (χ3v) is 5.80. The number of morpholine rings is 1. The molecule has 1 saturated heterocycles. The summed E-state index contributed by atoms with van der Waals surface area (Å²) in [5, 5.41) is 0.271. The molecule has 0 unspecified atom stereocenters. The minimum absolute atomic E-state index is 0.264. The first-order chi connectivity index (χ1) is 11.0. The molecule has 0 atom stereocenters. The van der Waals surface area contributed by atoms with Crippen molar-refractivity contribution in [3.63, 3.8) is 0 Å². The van der Waals surface area contributed by atoms with Crippen molar-refractivity contribution in [3.05, 3.63) is 29.3 Å². The van der Waals surface area contributed by atoms with Gasteiger partial charge in [-0.25, -0.2) is 8.42 Å². The van der Waals surface area contributed by atoms with E-state index in [0.717, 1.165) is 17.1 Å². The van der Waals surface area contributed by atoms with Crippen LogP contribution in [-0.2, 0) is 14.8 Å². The molecule has 7 nitrogen and oxygen atoms in total. The SMILES string of the molecule is Cc1ccc(C)c(S(=O)(=O)Nc2nc(N3CCOCC3)ns2)c1. The van der Waals surface area contributed by atoms with Gasteiger partial charge in [0.15, 0.2) is 0 Å². The van der Waals surface area contributed by atoms with E-state index >= 15 is 0 Å². The Kier molecular flexibility index (Phi) is 4.51. The Hall–Kier alpha value is -1.71. The lowest BCUT2D eigenvalue weighted by atomic mass is 10.2. The molecule has 0 radical (unpaired) electrons. The molecule has 2 aromatic rings. The highest BCUT2D eigenvalue weighted by atomic mass is 32.2. The number of nitrogens with zero attached hydrogens (tertiary/aromatic N) is 3. The predicted octanol–water partition coefficient (Wildman–Crippen LogP) is 1.79. The van der Waals surface area contributed by atoms with Gasteiger partial charge in [0.1, 0.15) is 0 Å². The van der Waals surface area contributed by atoms with Crippen LogP contribution in [0.2, 0.25) is 0 Å². The number of sulfonamides is 1. The van der Waals surface area contributed by atoms with Crippen molar-refractivity contribution in [1.29, 1.82) is 0 Å². The third kappa shape index (κ3) is 3.62. The molecule has 3 rings (SSSR count). The molecule has 1 aliphatic heterocycles. The van der Waals surface area contributed by atoms with Crippen molar-refractivity contribution in [1.82, 2.24) is 9.36 Å². The van der Waals surface area contributed by atoms with Crippen LogP contribution in [0.1, 0.15) is 11.1 Å². The summed E-state index contributed by atoms with van der Waals surface area (Å²) in [6.45, 7) is 6.30. The average molecular weight is 354 g/mol. The van der Waals surface area contributed by atoms with Crippen LogP contribution in [0.3, 0.4) is 0 Å². The number of aryl methyl sites for hydroxylation is 2. The van der Waals surface area contributed by atoms with E-state index in [0.29, 0.717) is 37.8 Å². The van der Waals surface area contributed by atoms with E-state index in [-0.39, 0.29) is 10.0 Å². The summed E-state index contributed by atoms with van der Waals surface area (Å²) in [5.74, 6) is 0.539. The van der Waals surface area contributed by atoms with Crippen molar-refractivity contribution < 1.29 is 13.2 Å². The van der Waals surface area contributed by atoms with E-state index < -0.39 is 10.0 Å². The Morgan fingerprint density at radius 1 is 1.26 bits per heavy atom. The van der Waals surface area contributed by atoms with Crippen LogP contribution < -0.4 is 9.62 Å². The highest BCUT2D eigenvalue weighted by molar-refractivity contribution is 7.93. The summed E-state index contributed by atoms with van der Waals surface area (Å²) in [6.07, 6.45) is 0. The first kappa shape index (κ1) is 16.2. The summed E-state index contributed by atoms with van der Waals surface area (Å²) >= 11 is 1.04. The van der Waals surface area contributed by atoms with E-state index in [2.05, 4.69) is 14.1 Å². The van der Waals surface area contributed by atoms with Crippen LogP contribution in [0.5, 0.6) is 0 Å². The fraction of sp³-hybridized carbons (Fsp3) is 0.429. The van der Waals surface area contributed by atoms with E-state index in [1.807, 2.05) is 17.9 Å². The molecule has 0 aliphatic carbocycles. The van der Waals surface area contributed by atoms with Crippen molar-refractivity contribution in [2.45, 2.75) is 18.7 Å². The fourth-order valence-electron chi connectivity index (χ4n) is 2.32. The maximum absolute atomic E-state index is 12.6. The molecule has 23 heavy (non-hydrogen) atoms. The highest BCUT2D eigenvalue weighted by Crippen LogP contribution is 2.24. The van der Waals surface area contributed by atoms with Crippen LogP contribution in [-0.4, -0.2) is 44.1 Å². The summed E-state index contributed by atoms with van der Waals surface area (Å²) in [5.41, 5.74) is 1.59. The number of benzene rings is 1. The molecule has 1 aliphatic rings. The molecule has 9 heteroatoms. The number of nitrogens with one attached hydrogen (secondary N) is 1. The molecule has 0 amide bonds. The van der Waals surface area contributed by atoms with Crippen LogP contribution >= 0.6 is 11.5 Å². The van der Waals surface area contributed by atoms with Gasteiger partial charge in [0.05, 0.1) is 18.1 Å².